The Hall–Kier alpha value is -3.49. The van der Waals surface area contributed by atoms with Crippen LogP contribution in [0.3, 0.4) is 0 Å². The molecule has 0 saturated heterocycles. The van der Waals surface area contributed by atoms with Gasteiger partial charge in [-0.2, -0.15) is 0 Å². The number of hydrogen-bond acceptors (Lipinski definition) is 7. The number of benzene rings is 3. The zero-order chi connectivity index (χ0) is 23.7. The highest BCUT2D eigenvalue weighted by atomic mass is 35.5. The average molecular weight is 493 g/mol. The number of amides is 1. The summed E-state index contributed by atoms with van der Waals surface area (Å²) in [5.41, 5.74) is 2.29. The Morgan fingerprint density at radius 2 is 1.82 bits per heavy atom. The maximum Gasteiger partial charge on any atom is 0.276 e. The number of carbonyl (C=O) groups excluding carboxylic acids is 1. The van der Waals surface area contributed by atoms with E-state index in [1.54, 1.807) is 18.2 Å². The fourth-order valence-electron chi connectivity index (χ4n) is 3.92. The van der Waals surface area contributed by atoms with E-state index in [-0.39, 0.29) is 5.91 Å². The first-order valence-electron chi connectivity index (χ1n) is 10.5. The van der Waals surface area contributed by atoms with Gasteiger partial charge in [0.1, 0.15) is 5.70 Å². The van der Waals surface area contributed by atoms with Gasteiger partial charge >= 0.3 is 0 Å². The van der Waals surface area contributed by atoms with Crippen molar-refractivity contribution in [3.63, 3.8) is 0 Å². The number of methoxy groups -OCH3 is 2. The van der Waals surface area contributed by atoms with E-state index in [0.717, 1.165) is 16.3 Å². The highest BCUT2D eigenvalue weighted by Crippen LogP contribution is 2.40. The number of hydrogen-bond donors (Lipinski definition) is 1. The van der Waals surface area contributed by atoms with E-state index in [2.05, 4.69) is 5.32 Å². The lowest BCUT2D eigenvalue weighted by Gasteiger charge is -2.34. The molecule has 9 heteroatoms. The minimum Gasteiger partial charge on any atom is -0.493 e. The van der Waals surface area contributed by atoms with Crippen molar-refractivity contribution in [2.24, 2.45) is 10.1 Å². The van der Waals surface area contributed by atoms with E-state index in [0.29, 0.717) is 38.5 Å². The molecule has 7 nitrogen and oxygen atoms in total. The van der Waals surface area contributed by atoms with Gasteiger partial charge in [0.2, 0.25) is 0 Å². The van der Waals surface area contributed by atoms with Gasteiger partial charge in [0, 0.05) is 16.5 Å². The van der Waals surface area contributed by atoms with Gasteiger partial charge in [-0.1, -0.05) is 71.9 Å². The first-order chi connectivity index (χ1) is 16.6. The molecule has 3 aromatic carbocycles. The number of halogens is 1. The van der Waals surface area contributed by atoms with Crippen molar-refractivity contribution in [3.8, 4) is 11.5 Å². The van der Waals surface area contributed by atoms with Crippen LogP contribution in [0.1, 0.15) is 17.3 Å². The lowest BCUT2D eigenvalue weighted by Crippen LogP contribution is -2.50. The number of hydrazone groups is 1. The van der Waals surface area contributed by atoms with E-state index in [1.165, 1.54) is 18.9 Å². The minimum atomic E-state index is -0.611. The number of ether oxygens (including phenoxy) is 2. The minimum absolute atomic E-state index is 0.232. The van der Waals surface area contributed by atoms with E-state index in [1.807, 2.05) is 60.7 Å². The summed E-state index contributed by atoms with van der Waals surface area (Å²) in [4.78, 5) is 18.2. The maximum atomic E-state index is 13.3. The molecule has 1 atom stereocenters. The van der Waals surface area contributed by atoms with Crippen molar-refractivity contribution < 1.29 is 14.3 Å². The summed E-state index contributed by atoms with van der Waals surface area (Å²) in [6, 6.07) is 21.1. The molecular formula is C25H21ClN4O3S. The monoisotopic (exact) mass is 492 g/mol. The number of rotatable bonds is 5. The summed E-state index contributed by atoms with van der Waals surface area (Å²) in [6.07, 6.45) is -0.611. The van der Waals surface area contributed by atoms with Crippen LogP contribution in [0.15, 0.2) is 76.8 Å². The lowest BCUT2D eigenvalue weighted by atomic mass is 10.1. The summed E-state index contributed by atoms with van der Waals surface area (Å²) in [5.74, 6) is 1.35. The SMILES string of the molecule is COc1cc([C@H]2N=c3ccccc3=C3C(=O)NC(SCc4ccccc4)=NN32)cc(Cl)c1OC. The van der Waals surface area contributed by atoms with Gasteiger partial charge in [-0.3, -0.25) is 15.1 Å². The average Bonchev–Trinajstić information content (AvgIpc) is 2.86. The molecule has 1 N–H and O–H groups in total. The summed E-state index contributed by atoms with van der Waals surface area (Å²) >= 11 is 7.95. The largest absolute Gasteiger partial charge is 0.493 e. The second-order valence-corrected chi connectivity index (χ2v) is 8.96. The number of para-hydroxylation sites is 1. The van der Waals surface area contributed by atoms with Crippen LogP contribution < -0.4 is 25.4 Å². The molecule has 2 aliphatic rings. The molecule has 172 valence electrons. The summed E-state index contributed by atoms with van der Waals surface area (Å²) in [6.45, 7) is 0. The number of carbonyl (C=O) groups is 1. The normalized spacial score (nSPS) is 16.6. The highest BCUT2D eigenvalue weighted by Gasteiger charge is 2.35. The standard InChI is InChI=1S/C25H21ClN4O3S/c1-32-20-13-16(12-18(26)22(20)33-2)23-27-19-11-7-6-10-17(19)21-24(31)28-25(29-30(21)23)34-14-15-8-4-3-5-9-15/h3-13,23H,14H2,1-2H3,(H,28,29,31)/t23-/m0/s1. The molecule has 0 radical (unpaired) electrons. The van der Waals surface area contributed by atoms with E-state index in [9.17, 15) is 4.79 Å². The Morgan fingerprint density at radius 3 is 2.59 bits per heavy atom. The van der Waals surface area contributed by atoms with Crippen molar-refractivity contribution in [3.05, 3.63) is 93.5 Å². The Bertz CT molecular complexity index is 1410. The molecule has 2 aliphatic heterocycles. The molecule has 0 unspecified atom stereocenters. The van der Waals surface area contributed by atoms with Crippen LogP contribution in [0.4, 0.5) is 0 Å². The number of fused-ring (bicyclic) bond motifs is 2. The molecule has 34 heavy (non-hydrogen) atoms. The highest BCUT2D eigenvalue weighted by molar-refractivity contribution is 8.13. The Kier molecular flexibility index (Phi) is 6.17. The smallest absolute Gasteiger partial charge is 0.276 e. The second-order valence-electron chi connectivity index (χ2n) is 7.58. The fraction of sp³-hybridized carbons (Fsp3) is 0.160. The Morgan fingerprint density at radius 1 is 1.06 bits per heavy atom. The molecule has 0 aromatic heterocycles. The molecule has 5 rings (SSSR count). The molecular weight excluding hydrogens is 472 g/mol. The summed E-state index contributed by atoms with van der Waals surface area (Å²) in [7, 11) is 3.08. The Balaban J connectivity index is 1.61. The van der Waals surface area contributed by atoms with Gasteiger partial charge in [0.15, 0.2) is 22.8 Å². The molecule has 0 saturated carbocycles. The quantitative estimate of drug-likeness (QED) is 0.590. The van der Waals surface area contributed by atoms with Gasteiger partial charge in [-0.15, -0.1) is 5.10 Å². The van der Waals surface area contributed by atoms with E-state index in [4.69, 9.17) is 31.2 Å². The first kappa shape index (κ1) is 22.3. The van der Waals surface area contributed by atoms with Crippen molar-refractivity contribution in [1.82, 2.24) is 10.3 Å². The van der Waals surface area contributed by atoms with Crippen molar-refractivity contribution in [2.75, 3.05) is 14.2 Å². The van der Waals surface area contributed by atoms with Crippen LogP contribution in [-0.4, -0.2) is 30.3 Å². The number of nitrogens with zero attached hydrogens (tertiary/aromatic N) is 3. The number of thioether (sulfide) groups is 1. The third kappa shape index (κ3) is 4.10. The van der Waals surface area contributed by atoms with Crippen molar-refractivity contribution in [1.29, 1.82) is 0 Å². The molecule has 1 amide bonds. The Labute approximate surface area is 205 Å². The second kappa shape index (κ2) is 9.40. The molecule has 2 heterocycles. The zero-order valence-electron chi connectivity index (χ0n) is 18.5. The molecule has 0 spiro atoms. The van der Waals surface area contributed by atoms with Crippen molar-refractivity contribution in [2.45, 2.75) is 11.9 Å². The number of nitrogens with one attached hydrogen (secondary N) is 1. The van der Waals surface area contributed by atoms with Gasteiger partial charge in [0.05, 0.1) is 24.6 Å². The molecule has 0 aliphatic carbocycles. The van der Waals surface area contributed by atoms with Crippen LogP contribution in [0.5, 0.6) is 11.5 Å². The molecule has 0 bridgehead atoms. The summed E-state index contributed by atoms with van der Waals surface area (Å²) in [5, 5.41) is 11.7. The first-order valence-corrected chi connectivity index (χ1v) is 11.9. The third-order valence-corrected chi connectivity index (χ3v) is 6.70. The van der Waals surface area contributed by atoms with E-state index >= 15 is 0 Å². The van der Waals surface area contributed by atoms with Gasteiger partial charge < -0.3 is 9.47 Å². The van der Waals surface area contributed by atoms with Gasteiger partial charge in [0.25, 0.3) is 5.91 Å². The van der Waals surface area contributed by atoms with Crippen LogP contribution in [-0.2, 0) is 10.5 Å². The predicted octanol–water partition coefficient (Wildman–Crippen LogP) is 3.43. The van der Waals surface area contributed by atoms with Crippen LogP contribution >= 0.6 is 23.4 Å². The van der Waals surface area contributed by atoms with Gasteiger partial charge in [-0.05, 0) is 23.8 Å². The third-order valence-electron chi connectivity index (χ3n) is 5.49. The number of amidine groups is 1. The molecule has 0 fully saturated rings. The summed E-state index contributed by atoms with van der Waals surface area (Å²) < 4.78 is 10.9. The van der Waals surface area contributed by atoms with Crippen LogP contribution in [0.25, 0.3) is 5.70 Å². The topological polar surface area (TPSA) is 75.5 Å². The van der Waals surface area contributed by atoms with Crippen LogP contribution in [0, 0.1) is 0 Å². The lowest BCUT2D eigenvalue weighted by molar-refractivity contribution is -0.116. The van der Waals surface area contributed by atoms with E-state index < -0.39 is 6.17 Å². The molecule has 3 aromatic rings. The van der Waals surface area contributed by atoms with Crippen molar-refractivity contribution >= 4 is 40.1 Å². The predicted molar refractivity (Wildman–Crippen MR) is 133 cm³/mol. The fourth-order valence-corrected chi connectivity index (χ4v) is 5.03. The van der Waals surface area contributed by atoms with Crippen LogP contribution in [0.2, 0.25) is 5.02 Å². The van der Waals surface area contributed by atoms with Gasteiger partial charge in [-0.25, -0.2) is 5.01 Å². The zero-order valence-corrected chi connectivity index (χ0v) is 20.1. The maximum absolute atomic E-state index is 13.3.